The van der Waals surface area contributed by atoms with Crippen molar-refractivity contribution in [2.24, 2.45) is 0 Å². The number of nitrogens with one attached hydrogen (secondary N) is 1. The van der Waals surface area contributed by atoms with Gasteiger partial charge in [-0.05, 0) is 54.8 Å². The van der Waals surface area contributed by atoms with Gasteiger partial charge in [-0.2, -0.15) is 0 Å². The van der Waals surface area contributed by atoms with E-state index in [-0.39, 0.29) is 29.7 Å². The van der Waals surface area contributed by atoms with E-state index >= 15 is 0 Å². The third kappa shape index (κ3) is 4.76. The minimum absolute atomic E-state index is 0.0840. The highest BCUT2D eigenvalue weighted by atomic mass is 32.2. The Morgan fingerprint density at radius 2 is 2.00 bits per heavy atom. The van der Waals surface area contributed by atoms with Gasteiger partial charge in [0.15, 0.2) is 0 Å². The van der Waals surface area contributed by atoms with Gasteiger partial charge in [0.05, 0.1) is 22.2 Å². The van der Waals surface area contributed by atoms with E-state index in [1.807, 2.05) is 29.0 Å². The van der Waals surface area contributed by atoms with Crippen LogP contribution in [-0.2, 0) is 27.3 Å². The van der Waals surface area contributed by atoms with Gasteiger partial charge in [0.2, 0.25) is 5.91 Å². The monoisotopic (exact) mass is 489 g/mol. The molecule has 0 unspecified atom stereocenters. The molecular formula is C27H27N3O4S. The maximum absolute atomic E-state index is 13.1. The highest BCUT2D eigenvalue weighted by Gasteiger charge is 2.36. The smallest absolute Gasteiger partial charge is 0.298 e. The van der Waals surface area contributed by atoms with Crippen molar-refractivity contribution >= 4 is 51.5 Å². The van der Waals surface area contributed by atoms with E-state index in [9.17, 15) is 14.4 Å². The van der Waals surface area contributed by atoms with Gasteiger partial charge < -0.3 is 14.6 Å². The molecule has 1 N–H and O–H groups in total. The van der Waals surface area contributed by atoms with Crippen molar-refractivity contribution in [1.29, 1.82) is 0 Å². The lowest BCUT2D eigenvalue weighted by molar-refractivity contribution is -0.122. The molecule has 3 heterocycles. The fourth-order valence-electron chi connectivity index (χ4n) is 4.64. The number of amides is 3. The van der Waals surface area contributed by atoms with Gasteiger partial charge in [-0.3, -0.25) is 14.4 Å². The largest absolute Gasteiger partial charge is 0.376 e. The number of benzene rings is 2. The van der Waals surface area contributed by atoms with Gasteiger partial charge in [-0.1, -0.05) is 43.3 Å². The molecule has 0 aliphatic carbocycles. The number of anilines is 1. The second-order valence-electron chi connectivity index (χ2n) is 8.67. The van der Waals surface area contributed by atoms with Crippen LogP contribution in [0.1, 0.15) is 30.9 Å². The van der Waals surface area contributed by atoms with Crippen LogP contribution in [0, 0.1) is 0 Å². The normalized spacial score (nSPS) is 19.3. The summed E-state index contributed by atoms with van der Waals surface area (Å²) >= 11 is 0.931. The number of nitrogens with zero attached hydrogens (tertiary/aromatic N) is 2. The Labute approximate surface area is 208 Å². The van der Waals surface area contributed by atoms with Gasteiger partial charge in [0.1, 0.15) is 6.54 Å². The van der Waals surface area contributed by atoms with E-state index in [1.165, 1.54) is 4.90 Å². The van der Waals surface area contributed by atoms with Crippen LogP contribution in [0.3, 0.4) is 0 Å². The fraction of sp³-hybridized carbons (Fsp3) is 0.296. The zero-order valence-electron chi connectivity index (χ0n) is 19.5. The molecule has 3 aromatic rings. The minimum atomic E-state index is -0.340. The molecule has 5 rings (SSSR count). The highest BCUT2D eigenvalue weighted by molar-refractivity contribution is 8.19. The molecule has 35 heavy (non-hydrogen) atoms. The summed E-state index contributed by atoms with van der Waals surface area (Å²) in [4.78, 5) is 40.1. The molecule has 2 saturated heterocycles. The average molecular weight is 490 g/mol. The molecule has 8 heteroatoms. The number of carbonyl (C=O) groups excluding carboxylic acids is 3. The summed E-state index contributed by atoms with van der Waals surface area (Å²) in [7, 11) is 0. The number of aryl methyl sites for hydroxylation is 1. The third-order valence-electron chi connectivity index (χ3n) is 6.35. The molecular weight excluding hydrogens is 462 g/mol. The van der Waals surface area contributed by atoms with Crippen LogP contribution in [0.25, 0.3) is 17.0 Å². The molecule has 2 aromatic carbocycles. The summed E-state index contributed by atoms with van der Waals surface area (Å²) < 4.78 is 7.54. The maximum atomic E-state index is 13.1. The second kappa shape index (κ2) is 10.1. The quantitative estimate of drug-likeness (QED) is 0.485. The molecule has 0 bridgehead atoms. The van der Waals surface area contributed by atoms with Gasteiger partial charge >= 0.3 is 0 Å². The van der Waals surface area contributed by atoms with E-state index in [1.54, 1.807) is 30.3 Å². The number of thioether (sulfide) groups is 1. The molecule has 2 aliphatic heterocycles. The predicted molar refractivity (Wildman–Crippen MR) is 138 cm³/mol. The van der Waals surface area contributed by atoms with E-state index in [0.717, 1.165) is 59.7 Å². The number of para-hydroxylation sites is 2. The van der Waals surface area contributed by atoms with E-state index in [2.05, 4.69) is 18.3 Å². The Morgan fingerprint density at radius 1 is 1.17 bits per heavy atom. The van der Waals surface area contributed by atoms with Crippen molar-refractivity contribution in [2.75, 3.05) is 18.1 Å². The molecule has 1 aromatic heterocycles. The van der Waals surface area contributed by atoms with E-state index in [4.69, 9.17) is 4.74 Å². The number of aromatic nitrogens is 1. The molecule has 1 atom stereocenters. The van der Waals surface area contributed by atoms with Crippen LogP contribution in [0.2, 0.25) is 0 Å². The number of carbonyl (C=O) groups is 3. The highest BCUT2D eigenvalue weighted by Crippen LogP contribution is 2.37. The zero-order valence-corrected chi connectivity index (χ0v) is 20.3. The molecule has 180 valence electrons. The standard InChI is InChI=1S/C27H27N3O4S/c1-2-18-8-6-12-22-19(14-23-26(32)30(27(33)35-23)20-9-4-3-5-10-20)16-29(25(18)22)17-24(31)28-15-21-11-7-13-34-21/h3-6,8-10,12,14,16,21H,2,7,11,13,15,17H2,1H3,(H,28,31)/b23-14-/t21-/m0/s1. The fourth-order valence-corrected chi connectivity index (χ4v) is 5.47. The first-order chi connectivity index (χ1) is 17.0. The second-order valence-corrected chi connectivity index (χ2v) is 9.66. The van der Waals surface area contributed by atoms with Crippen LogP contribution in [0.5, 0.6) is 0 Å². The lowest BCUT2D eigenvalue weighted by Crippen LogP contribution is -2.34. The Balaban J connectivity index is 1.44. The summed E-state index contributed by atoms with van der Waals surface area (Å²) in [6.45, 7) is 3.51. The van der Waals surface area contributed by atoms with E-state index in [0.29, 0.717) is 17.1 Å². The Bertz CT molecular complexity index is 1310. The number of fused-ring (bicyclic) bond motifs is 1. The summed E-state index contributed by atoms with van der Waals surface area (Å²) in [5, 5.41) is 3.61. The molecule has 2 fully saturated rings. The van der Waals surface area contributed by atoms with Crippen LogP contribution < -0.4 is 10.2 Å². The van der Waals surface area contributed by atoms with Crippen molar-refractivity contribution in [3.05, 3.63) is 70.8 Å². The van der Waals surface area contributed by atoms with Crippen molar-refractivity contribution in [1.82, 2.24) is 9.88 Å². The SMILES string of the molecule is CCc1cccc2c(/C=C3\SC(=O)N(c4ccccc4)C3=O)cn(CC(=O)NC[C@@H]3CCCO3)c12. The molecule has 0 saturated carbocycles. The van der Waals surface area contributed by atoms with E-state index < -0.39 is 0 Å². The summed E-state index contributed by atoms with van der Waals surface area (Å²) in [6, 6.07) is 14.9. The first-order valence-electron chi connectivity index (χ1n) is 11.9. The van der Waals surface area contributed by atoms with Crippen LogP contribution in [0.4, 0.5) is 10.5 Å². The summed E-state index contributed by atoms with van der Waals surface area (Å²) in [5.41, 5.74) is 3.44. The van der Waals surface area contributed by atoms with Crippen molar-refractivity contribution < 1.29 is 19.1 Å². The predicted octanol–water partition coefficient (Wildman–Crippen LogP) is 4.74. The Hall–Kier alpha value is -3.36. The number of imide groups is 1. The molecule has 7 nitrogen and oxygen atoms in total. The Morgan fingerprint density at radius 3 is 2.74 bits per heavy atom. The molecule has 2 aliphatic rings. The van der Waals surface area contributed by atoms with Gasteiger partial charge in [-0.25, -0.2) is 4.90 Å². The Kier molecular flexibility index (Phi) is 6.74. The summed E-state index contributed by atoms with van der Waals surface area (Å²) in [5.74, 6) is -0.424. The van der Waals surface area contributed by atoms with Crippen LogP contribution >= 0.6 is 11.8 Å². The first-order valence-corrected chi connectivity index (χ1v) is 12.7. The first kappa shape index (κ1) is 23.4. The van der Waals surface area contributed by atoms with Crippen LogP contribution in [0.15, 0.2) is 59.6 Å². The average Bonchev–Trinajstić information content (AvgIpc) is 3.57. The molecule has 0 spiro atoms. The topological polar surface area (TPSA) is 80.6 Å². The van der Waals surface area contributed by atoms with Gasteiger partial charge in [-0.15, -0.1) is 0 Å². The number of ether oxygens (including phenoxy) is 1. The molecule has 0 radical (unpaired) electrons. The van der Waals surface area contributed by atoms with Crippen molar-refractivity contribution in [3.8, 4) is 0 Å². The minimum Gasteiger partial charge on any atom is -0.376 e. The van der Waals surface area contributed by atoms with Gasteiger partial charge in [0, 0.05) is 30.3 Å². The lowest BCUT2D eigenvalue weighted by Gasteiger charge is -2.12. The number of rotatable bonds is 7. The summed E-state index contributed by atoms with van der Waals surface area (Å²) in [6.07, 6.45) is 6.55. The van der Waals surface area contributed by atoms with Crippen molar-refractivity contribution in [3.63, 3.8) is 0 Å². The molecule has 3 amide bonds. The van der Waals surface area contributed by atoms with Crippen LogP contribution in [-0.4, -0.2) is 40.9 Å². The maximum Gasteiger partial charge on any atom is 0.298 e. The van der Waals surface area contributed by atoms with Gasteiger partial charge in [0.25, 0.3) is 11.1 Å². The third-order valence-corrected chi connectivity index (χ3v) is 7.22. The number of hydrogen-bond acceptors (Lipinski definition) is 5. The number of hydrogen-bond donors (Lipinski definition) is 1. The lowest BCUT2D eigenvalue weighted by atomic mass is 10.1. The zero-order chi connectivity index (χ0) is 24.4. The van der Waals surface area contributed by atoms with Crippen molar-refractivity contribution in [2.45, 2.75) is 38.8 Å².